The zero-order valence-electron chi connectivity index (χ0n) is 12.0. The van der Waals surface area contributed by atoms with Crippen LogP contribution in [0.15, 0.2) is 29.3 Å². The van der Waals surface area contributed by atoms with Gasteiger partial charge in [0.1, 0.15) is 5.69 Å². The third kappa shape index (κ3) is 3.17. The number of nitro benzene ring substituents is 1. The molecule has 0 bridgehead atoms. The van der Waals surface area contributed by atoms with E-state index in [2.05, 4.69) is 15.5 Å². The SMILES string of the molecule is NS(=O)(=O)c1ccc(NC2CCc3[nH]ncc3C2)c([N+](=O)[O-])c1. The van der Waals surface area contributed by atoms with Crippen LogP contribution in [-0.2, 0) is 22.9 Å². The van der Waals surface area contributed by atoms with Crippen LogP contribution in [0.2, 0.25) is 0 Å². The molecule has 1 aliphatic rings. The number of nitrogens with zero attached hydrogens (tertiary/aromatic N) is 2. The lowest BCUT2D eigenvalue weighted by Crippen LogP contribution is -2.27. The first-order valence-electron chi connectivity index (χ1n) is 6.93. The van der Waals surface area contributed by atoms with Crippen LogP contribution >= 0.6 is 0 Å². The number of aromatic amines is 1. The van der Waals surface area contributed by atoms with Crippen molar-refractivity contribution in [2.75, 3.05) is 5.32 Å². The molecule has 9 nitrogen and oxygen atoms in total. The number of hydrogen-bond donors (Lipinski definition) is 3. The van der Waals surface area contributed by atoms with Crippen LogP contribution in [0.3, 0.4) is 0 Å². The van der Waals surface area contributed by atoms with Gasteiger partial charge in [0, 0.05) is 17.8 Å². The largest absolute Gasteiger partial charge is 0.376 e. The smallest absolute Gasteiger partial charge is 0.293 e. The van der Waals surface area contributed by atoms with Gasteiger partial charge in [-0.25, -0.2) is 13.6 Å². The maximum absolute atomic E-state index is 11.3. The number of primary sulfonamides is 1. The Morgan fingerprint density at radius 1 is 1.43 bits per heavy atom. The van der Waals surface area contributed by atoms with E-state index in [4.69, 9.17) is 5.14 Å². The van der Waals surface area contributed by atoms with Crippen molar-refractivity contribution in [3.05, 3.63) is 45.8 Å². The van der Waals surface area contributed by atoms with Crippen molar-refractivity contribution in [3.8, 4) is 0 Å². The Morgan fingerprint density at radius 2 is 2.22 bits per heavy atom. The predicted octanol–water partition coefficient (Wildman–Crippen LogP) is 0.935. The average Bonchev–Trinajstić information content (AvgIpc) is 2.93. The molecule has 4 N–H and O–H groups in total. The van der Waals surface area contributed by atoms with Crippen LogP contribution < -0.4 is 10.5 Å². The summed E-state index contributed by atoms with van der Waals surface area (Å²) in [6.07, 6.45) is 4.04. The standard InChI is InChI=1S/C13H15N5O4S/c14-23(21,22)10-2-4-12(13(6-10)18(19)20)16-9-1-3-11-8(5-9)7-15-17-11/h2,4,6-7,9,16H,1,3,5H2,(H,15,17)(H2,14,21,22). The van der Waals surface area contributed by atoms with Gasteiger partial charge < -0.3 is 5.32 Å². The Morgan fingerprint density at radius 3 is 2.91 bits per heavy atom. The minimum absolute atomic E-state index is 0.0131. The first-order chi connectivity index (χ1) is 10.8. The summed E-state index contributed by atoms with van der Waals surface area (Å²) in [4.78, 5) is 10.3. The van der Waals surface area contributed by atoms with E-state index in [0.717, 1.165) is 30.2 Å². The summed E-state index contributed by atoms with van der Waals surface area (Å²) in [6, 6.07) is 3.63. The number of aromatic nitrogens is 2. The number of sulfonamides is 1. The van der Waals surface area contributed by atoms with E-state index in [9.17, 15) is 18.5 Å². The number of nitrogens with one attached hydrogen (secondary N) is 2. The van der Waals surface area contributed by atoms with E-state index >= 15 is 0 Å². The Hall–Kier alpha value is -2.46. The second kappa shape index (κ2) is 5.63. The van der Waals surface area contributed by atoms with Gasteiger partial charge in [-0.1, -0.05) is 0 Å². The summed E-state index contributed by atoms with van der Waals surface area (Å²) in [5, 5.41) is 26.3. The van der Waals surface area contributed by atoms with E-state index in [1.807, 2.05) is 0 Å². The van der Waals surface area contributed by atoms with Gasteiger partial charge in [0.15, 0.2) is 0 Å². The van der Waals surface area contributed by atoms with E-state index < -0.39 is 14.9 Å². The number of H-pyrrole nitrogens is 1. The van der Waals surface area contributed by atoms with Gasteiger partial charge in [0.25, 0.3) is 5.69 Å². The van der Waals surface area contributed by atoms with Crippen LogP contribution in [0.4, 0.5) is 11.4 Å². The number of nitrogens with two attached hydrogens (primary N) is 1. The molecule has 122 valence electrons. The van der Waals surface area contributed by atoms with Crippen LogP contribution in [0.5, 0.6) is 0 Å². The highest BCUT2D eigenvalue weighted by Gasteiger charge is 2.24. The molecule has 0 saturated heterocycles. The fourth-order valence-electron chi connectivity index (χ4n) is 2.72. The lowest BCUT2D eigenvalue weighted by molar-refractivity contribution is -0.384. The number of anilines is 1. The monoisotopic (exact) mass is 337 g/mol. The van der Waals surface area contributed by atoms with Crippen molar-refractivity contribution in [2.45, 2.75) is 30.2 Å². The average molecular weight is 337 g/mol. The highest BCUT2D eigenvalue weighted by atomic mass is 32.2. The Kier molecular flexibility index (Phi) is 3.78. The first-order valence-corrected chi connectivity index (χ1v) is 8.48. The lowest BCUT2D eigenvalue weighted by atomic mass is 9.93. The molecule has 23 heavy (non-hydrogen) atoms. The molecule has 1 aliphatic carbocycles. The topological polar surface area (TPSA) is 144 Å². The molecule has 1 unspecified atom stereocenters. The molecule has 10 heteroatoms. The van der Waals surface area contributed by atoms with Gasteiger partial charge in [-0.3, -0.25) is 15.2 Å². The van der Waals surface area contributed by atoms with Gasteiger partial charge in [-0.2, -0.15) is 5.10 Å². The third-order valence-corrected chi connectivity index (χ3v) is 4.78. The minimum Gasteiger partial charge on any atom is -0.376 e. The van der Waals surface area contributed by atoms with Crippen molar-refractivity contribution >= 4 is 21.4 Å². The predicted molar refractivity (Wildman–Crippen MR) is 82.5 cm³/mol. The van der Waals surface area contributed by atoms with Crippen LogP contribution in [0.25, 0.3) is 0 Å². The van der Waals surface area contributed by atoms with Crippen molar-refractivity contribution in [2.24, 2.45) is 5.14 Å². The maximum atomic E-state index is 11.3. The van der Waals surface area contributed by atoms with Gasteiger partial charge in [0.2, 0.25) is 10.0 Å². The van der Waals surface area contributed by atoms with Gasteiger partial charge in [-0.05, 0) is 37.0 Å². The first kappa shape index (κ1) is 15.4. The van der Waals surface area contributed by atoms with E-state index in [1.54, 1.807) is 6.20 Å². The molecule has 0 aliphatic heterocycles. The number of benzene rings is 1. The van der Waals surface area contributed by atoms with Gasteiger partial charge in [0.05, 0.1) is 16.0 Å². The van der Waals surface area contributed by atoms with E-state index in [0.29, 0.717) is 6.42 Å². The molecule has 0 amide bonds. The number of hydrogen-bond acceptors (Lipinski definition) is 6. The van der Waals surface area contributed by atoms with Crippen LogP contribution in [0, 0.1) is 10.1 Å². The van der Waals surface area contributed by atoms with E-state index in [-0.39, 0.29) is 22.3 Å². The Balaban J connectivity index is 1.87. The van der Waals surface area contributed by atoms with Crippen molar-refractivity contribution in [1.29, 1.82) is 0 Å². The second-order valence-corrected chi connectivity index (χ2v) is 7.00. The summed E-state index contributed by atoms with van der Waals surface area (Å²) in [5.74, 6) is 0. The Bertz CT molecular complexity index is 861. The van der Waals surface area contributed by atoms with Crippen LogP contribution in [-0.4, -0.2) is 29.6 Å². The molecule has 1 aromatic carbocycles. The molecule has 0 radical (unpaired) electrons. The molecule has 1 atom stereocenters. The third-order valence-electron chi connectivity index (χ3n) is 3.87. The molecule has 0 spiro atoms. The number of rotatable bonds is 4. The fraction of sp³-hybridized carbons (Fsp3) is 0.308. The summed E-state index contributed by atoms with van der Waals surface area (Å²) in [5.41, 5.74) is 2.13. The van der Waals surface area contributed by atoms with Crippen molar-refractivity contribution in [1.82, 2.24) is 10.2 Å². The molecule has 1 heterocycles. The van der Waals surface area contributed by atoms with Gasteiger partial charge >= 0.3 is 0 Å². The van der Waals surface area contributed by atoms with Crippen molar-refractivity contribution in [3.63, 3.8) is 0 Å². The Labute approximate surface area is 132 Å². The summed E-state index contributed by atoms with van der Waals surface area (Å²) in [6.45, 7) is 0. The molecule has 3 rings (SSSR count). The normalized spacial score (nSPS) is 17.5. The summed E-state index contributed by atoms with van der Waals surface area (Å²) >= 11 is 0. The van der Waals surface area contributed by atoms with E-state index in [1.165, 1.54) is 12.1 Å². The fourth-order valence-corrected chi connectivity index (χ4v) is 3.25. The quantitative estimate of drug-likeness (QED) is 0.559. The number of nitro groups is 1. The molecular formula is C13H15N5O4S. The zero-order chi connectivity index (χ0) is 16.6. The molecule has 0 saturated carbocycles. The molecular weight excluding hydrogens is 322 g/mol. The highest BCUT2D eigenvalue weighted by molar-refractivity contribution is 7.89. The highest BCUT2D eigenvalue weighted by Crippen LogP contribution is 2.30. The van der Waals surface area contributed by atoms with Crippen molar-refractivity contribution < 1.29 is 13.3 Å². The summed E-state index contributed by atoms with van der Waals surface area (Å²) in [7, 11) is -3.99. The number of aryl methyl sites for hydroxylation is 1. The minimum atomic E-state index is -3.99. The lowest BCUT2D eigenvalue weighted by Gasteiger charge is -2.23. The molecule has 2 aromatic rings. The molecule has 0 fully saturated rings. The maximum Gasteiger partial charge on any atom is 0.293 e. The number of fused-ring (bicyclic) bond motifs is 1. The van der Waals surface area contributed by atoms with Gasteiger partial charge in [-0.15, -0.1) is 0 Å². The second-order valence-electron chi connectivity index (χ2n) is 5.44. The summed E-state index contributed by atoms with van der Waals surface area (Å²) < 4.78 is 22.7. The van der Waals surface area contributed by atoms with Crippen LogP contribution in [0.1, 0.15) is 17.7 Å². The zero-order valence-corrected chi connectivity index (χ0v) is 12.8. The molecule has 1 aromatic heterocycles.